The highest BCUT2D eigenvalue weighted by Crippen LogP contribution is 2.23. The van der Waals surface area contributed by atoms with Crippen LogP contribution in [0.3, 0.4) is 0 Å². The van der Waals surface area contributed by atoms with E-state index < -0.39 is 17.4 Å². The summed E-state index contributed by atoms with van der Waals surface area (Å²) in [7, 11) is 1.52. The number of nitrogens with zero attached hydrogens (tertiary/aromatic N) is 3. The van der Waals surface area contributed by atoms with E-state index in [4.69, 9.17) is 27.9 Å². The molecule has 3 aromatic rings. The Labute approximate surface area is 186 Å². The zero-order chi connectivity index (χ0) is 21.8. The molecule has 0 aliphatic carbocycles. The first kappa shape index (κ1) is 22.5. The molecule has 0 radical (unpaired) electrons. The molecule has 1 unspecified atom stereocenters. The van der Waals surface area contributed by atoms with Gasteiger partial charge in [-0.2, -0.15) is 0 Å². The summed E-state index contributed by atoms with van der Waals surface area (Å²) in [6.07, 6.45) is 0.874. The quantitative estimate of drug-likeness (QED) is 0.490. The van der Waals surface area contributed by atoms with Crippen molar-refractivity contribution in [3.63, 3.8) is 0 Å². The molecule has 8 nitrogen and oxygen atoms in total. The van der Waals surface area contributed by atoms with Gasteiger partial charge in [0.25, 0.3) is 5.56 Å². The second-order valence-electron chi connectivity index (χ2n) is 6.52. The van der Waals surface area contributed by atoms with Gasteiger partial charge in [0.1, 0.15) is 18.5 Å². The lowest BCUT2D eigenvalue weighted by atomic mass is 10.3. The first-order valence-electron chi connectivity index (χ1n) is 8.97. The average Bonchev–Trinajstić information content (AvgIpc) is 3.04. The van der Waals surface area contributed by atoms with Crippen LogP contribution < -0.4 is 16.0 Å². The minimum Gasteiger partial charge on any atom is -0.491 e. The lowest BCUT2D eigenvalue weighted by molar-refractivity contribution is 0.0914. The number of ether oxygens (including phenoxy) is 1. The van der Waals surface area contributed by atoms with E-state index in [1.165, 1.54) is 23.4 Å². The Kier molecular flexibility index (Phi) is 7.30. The summed E-state index contributed by atoms with van der Waals surface area (Å²) in [6, 6.07) is 6.77. The molecule has 0 spiro atoms. The van der Waals surface area contributed by atoms with Crippen molar-refractivity contribution >= 4 is 46.1 Å². The van der Waals surface area contributed by atoms with Crippen molar-refractivity contribution in [1.82, 2.24) is 19.1 Å². The van der Waals surface area contributed by atoms with Gasteiger partial charge in [0.2, 0.25) is 0 Å². The fourth-order valence-corrected chi connectivity index (χ4v) is 3.96. The number of halogens is 2. The van der Waals surface area contributed by atoms with Crippen LogP contribution in [-0.4, -0.2) is 42.7 Å². The molecule has 0 saturated carbocycles. The summed E-state index contributed by atoms with van der Waals surface area (Å²) in [4.78, 5) is 31.1. The SMILES string of the molecule is C/C(Cl)=C\CSc1nc2c(c(=O)[nH]c(=O)n2C)n1CC(O)COc1ccc(Cl)cc1. The third-order valence-electron chi connectivity index (χ3n) is 4.20. The molecule has 0 saturated heterocycles. The Morgan fingerprint density at radius 1 is 1.37 bits per heavy atom. The monoisotopic (exact) mass is 470 g/mol. The zero-order valence-corrected chi connectivity index (χ0v) is 18.6. The van der Waals surface area contributed by atoms with E-state index >= 15 is 0 Å². The minimum atomic E-state index is -0.931. The van der Waals surface area contributed by atoms with Gasteiger partial charge in [-0.15, -0.1) is 0 Å². The summed E-state index contributed by atoms with van der Waals surface area (Å²) in [6.45, 7) is 1.81. The molecule has 0 aliphatic rings. The maximum absolute atomic E-state index is 12.5. The molecule has 11 heteroatoms. The van der Waals surface area contributed by atoms with Crippen molar-refractivity contribution in [1.29, 1.82) is 0 Å². The average molecular weight is 471 g/mol. The van der Waals surface area contributed by atoms with Gasteiger partial charge in [-0.05, 0) is 31.2 Å². The maximum Gasteiger partial charge on any atom is 0.329 e. The van der Waals surface area contributed by atoms with Crippen LogP contribution >= 0.6 is 35.0 Å². The number of aromatic amines is 1. The molecule has 3 rings (SSSR count). The third-order valence-corrected chi connectivity index (χ3v) is 5.51. The van der Waals surface area contributed by atoms with E-state index in [0.29, 0.717) is 26.7 Å². The van der Waals surface area contributed by atoms with Gasteiger partial charge in [0, 0.05) is 22.9 Å². The number of fused-ring (bicyclic) bond motifs is 1. The standard InChI is InChI=1S/C19H20Cl2N4O4S/c1-11(20)7-8-30-19-22-16-15(17(27)23-18(28)24(16)2)25(19)9-13(26)10-29-14-5-3-12(21)4-6-14/h3-7,13,26H,8-10H2,1-2H3,(H,23,27,28)/b11-7+. The van der Waals surface area contributed by atoms with E-state index in [9.17, 15) is 14.7 Å². The lowest BCUT2D eigenvalue weighted by Gasteiger charge is -2.15. The summed E-state index contributed by atoms with van der Waals surface area (Å²) in [5.74, 6) is 1.08. The number of benzene rings is 1. The third kappa shape index (κ3) is 5.28. The Bertz CT molecular complexity index is 1180. The molecular formula is C19H20Cl2N4O4S. The number of nitrogens with one attached hydrogen (secondary N) is 1. The van der Waals surface area contributed by atoms with Crippen LogP contribution in [-0.2, 0) is 13.6 Å². The summed E-state index contributed by atoms with van der Waals surface area (Å²) >= 11 is 13.1. The van der Waals surface area contributed by atoms with Gasteiger partial charge < -0.3 is 14.4 Å². The predicted molar refractivity (Wildman–Crippen MR) is 119 cm³/mol. The number of allylic oxidation sites excluding steroid dienone is 1. The van der Waals surface area contributed by atoms with Crippen molar-refractivity contribution < 1.29 is 9.84 Å². The highest BCUT2D eigenvalue weighted by Gasteiger charge is 2.20. The Morgan fingerprint density at radius 3 is 2.73 bits per heavy atom. The molecule has 1 atom stereocenters. The smallest absolute Gasteiger partial charge is 0.329 e. The number of thioether (sulfide) groups is 1. The van der Waals surface area contributed by atoms with Crippen LogP contribution in [0.5, 0.6) is 5.75 Å². The second-order valence-corrected chi connectivity index (χ2v) is 8.54. The number of aliphatic hydroxyl groups is 1. The van der Waals surface area contributed by atoms with Crippen LogP contribution in [0.2, 0.25) is 5.02 Å². The van der Waals surface area contributed by atoms with Crippen LogP contribution in [0, 0.1) is 0 Å². The molecule has 0 aliphatic heterocycles. The van der Waals surface area contributed by atoms with E-state index in [2.05, 4.69) is 9.97 Å². The number of aromatic nitrogens is 4. The molecule has 160 valence electrons. The fourth-order valence-electron chi connectivity index (χ4n) is 2.71. The lowest BCUT2D eigenvalue weighted by Crippen LogP contribution is -2.30. The topological polar surface area (TPSA) is 102 Å². The first-order valence-corrected chi connectivity index (χ1v) is 10.7. The molecule has 1 aromatic carbocycles. The van der Waals surface area contributed by atoms with E-state index in [0.717, 1.165) is 0 Å². The van der Waals surface area contributed by atoms with E-state index in [1.807, 2.05) is 0 Å². The van der Waals surface area contributed by atoms with Crippen molar-refractivity contribution in [2.24, 2.45) is 7.05 Å². The molecular weight excluding hydrogens is 451 g/mol. The minimum absolute atomic E-state index is 0.00419. The van der Waals surface area contributed by atoms with Crippen LogP contribution in [0.1, 0.15) is 6.92 Å². The molecule has 2 aromatic heterocycles. The molecule has 2 N–H and O–H groups in total. The number of imidazole rings is 1. The fraction of sp³-hybridized carbons (Fsp3) is 0.316. The number of rotatable bonds is 8. The van der Waals surface area contributed by atoms with Crippen LogP contribution in [0.4, 0.5) is 0 Å². The van der Waals surface area contributed by atoms with Crippen LogP contribution in [0.25, 0.3) is 11.2 Å². The molecule has 30 heavy (non-hydrogen) atoms. The van der Waals surface area contributed by atoms with Crippen LogP contribution in [0.15, 0.2) is 50.1 Å². The van der Waals surface area contributed by atoms with Crippen molar-refractivity contribution in [2.75, 3.05) is 12.4 Å². The number of aryl methyl sites for hydroxylation is 1. The molecule has 2 heterocycles. The van der Waals surface area contributed by atoms with Gasteiger partial charge >= 0.3 is 5.69 Å². The van der Waals surface area contributed by atoms with Gasteiger partial charge in [-0.1, -0.05) is 41.0 Å². The summed E-state index contributed by atoms with van der Waals surface area (Å²) < 4.78 is 8.44. The van der Waals surface area contributed by atoms with Gasteiger partial charge in [0.15, 0.2) is 16.3 Å². The molecule has 0 bridgehead atoms. The highest BCUT2D eigenvalue weighted by atomic mass is 35.5. The number of hydrogen-bond donors (Lipinski definition) is 2. The largest absolute Gasteiger partial charge is 0.491 e. The second kappa shape index (κ2) is 9.74. The van der Waals surface area contributed by atoms with Crippen molar-refractivity contribution in [2.45, 2.75) is 24.7 Å². The highest BCUT2D eigenvalue weighted by molar-refractivity contribution is 7.99. The summed E-state index contributed by atoms with van der Waals surface area (Å²) in [5, 5.41) is 12.2. The van der Waals surface area contributed by atoms with E-state index in [1.54, 1.807) is 41.8 Å². The number of H-pyrrole nitrogens is 1. The summed E-state index contributed by atoms with van der Waals surface area (Å²) in [5.41, 5.74) is -0.681. The molecule has 0 amide bonds. The predicted octanol–water partition coefficient (Wildman–Crippen LogP) is 2.75. The van der Waals surface area contributed by atoms with Crippen molar-refractivity contribution in [3.8, 4) is 5.75 Å². The normalized spacial score (nSPS) is 13.0. The number of aliphatic hydroxyl groups excluding tert-OH is 1. The molecule has 0 fully saturated rings. The van der Waals surface area contributed by atoms with Gasteiger partial charge in [-0.3, -0.25) is 14.3 Å². The van der Waals surface area contributed by atoms with Gasteiger partial charge in [0.05, 0.1) is 6.54 Å². The van der Waals surface area contributed by atoms with Gasteiger partial charge in [-0.25, -0.2) is 9.78 Å². The Morgan fingerprint density at radius 2 is 2.07 bits per heavy atom. The maximum atomic E-state index is 12.5. The zero-order valence-electron chi connectivity index (χ0n) is 16.3. The van der Waals surface area contributed by atoms with E-state index in [-0.39, 0.29) is 24.3 Å². The Balaban J connectivity index is 1.88. The first-order chi connectivity index (χ1) is 14.3. The van der Waals surface area contributed by atoms with Crippen molar-refractivity contribution in [3.05, 3.63) is 61.2 Å². The number of hydrogen-bond acceptors (Lipinski definition) is 6. The Hall–Kier alpha value is -2.20.